The van der Waals surface area contributed by atoms with Gasteiger partial charge in [-0.15, -0.1) is 0 Å². The van der Waals surface area contributed by atoms with Gasteiger partial charge in [-0.05, 0) is 71.9 Å². The molecule has 0 radical (unpaired) electrons. The quantitative estimate of drug-likeness (QED) is 0.801. The maximum Gasteiger partial charge on any atom is 0.0377 e. The molecular weight excluding hydrogens is 329 g/mol. The van der Waals surface area contributed by atoms with Gasteiger partial charge in [0.15, 0.2) is 0 Å². The highest BCUT2D eigenvalue weighted by molar-refractivity contribution is 14.1. The second kappa shape index (κ2) is 5.63. The summed E-state index contributed by atoms with van der Waals surface area (Å²) in [4.78, 5) is 0. The maximum absolute atomic E-state index is 3.70. The highest BCUT2D eigenvalue weighted by atomic mass is 127. The number of hydrogen-bond donors (Lipinski definition) is 1. The fourth-order valence-electron chi connectivity index (χ4n) is 2.10. The molecule has 0 spiro atoms. The van der Waals surface area contributed by atoms with E-state index in [4.69, 9.17) is 0 Å². The largest absolute Gasteiger partial charge is 0.381 e. The summed E-state index contributed by atoms with van der Waals surface area (Å²) in [5.74, 6) is 1.32. The molecule has 1 aromatic carbocycles. The number of benzene rings is 1. The Morgan fingerprint density at radius 2 is 2.25 bits per heavy atom. The smallest absolute Gasteiger partial charge is 0.0377 e. The van der Waals surface area contributed by atoms with Gasteiger partial charge in [0.05, 0.1) is 0 Å². The fraction of sp³-hybridized carbons (Fsp3) is 0.538. The zero-order valence-corrected chi connectivity index (χ0v) is 12.8. The van der Waals surface area contributed by atoms with Crippen LogP contribution in [0.15, 0.2) is 18.2 Å². The molecule has 0 amide bonds. The molecule has 1 heterocycles. The second-order valence-corrected chi connectivity index (χ2v) is 7.16. The highest BCUT2D eigenvalue weighted by Gasteiger charge is 2.21. The van der Waals surface area contributed by atoms with E-state index in [1.54, 1.807) is 0 Å². The average molecular weight is 347 g/mol. The molecule has 0 saturated carbocycles. The first-order valence-corrected chi connectivity index (χ1v) is 7.94. The summed E-state index contributed by atoms with van der Waals surface area (Å²) in [5, 5.41) is 4.43. The summed E-state index contributed by atoms with van der Waals surface area (Å²) in [7, 11) is 0. The van der Waals surface area contributed by atoms with Crippen molar-refractivity contribution in [2.75, 3.05) is 11.1 Å². The summed E-state index contributed by atoms with van der Waals surface area (Å²) >= 11 is 4.46. The first-order chi connectivity index (χ1) is 7.66. The fourth-order valence-corrected chi connectivity index (χ4v) is 3.89. The Hall–Kier alpha value is 0.1000. The summed E-state index contributed by atoms with van der Waals surface area (Å²) < 4.78 is 1.31. The molecule has 0 aromatic heterocycles. The topological polar surface area (TPSA) is 12.0 Å². The van der Waals surface area contributed by atoms with Gasteiger partial charge in [-0.2, -0.15) is 11.8 Å². The van der Waals surface area contributed by atoms with E-state index in [9.17, 15) is 0 Å². The van der Waals surface area contributed by atoms with Gasteiger partial charge in [-0.3, -0.25) is 0 Å². The van der Waals surface area contributed by atoms with Crippen LogP contribution in [0.1, 0.15) is 25.3 Å². The van der Waals surface area contributed by atoms with Gasteiger partial charge in [-0.25, -0.2) is 0 Å². The van der Waals surface area contributed by atoms with E-state index < -0.39 is 0 Å². The molecule has 1 nitrogen and oxygen atoms in total. The molecule has 1 saturated heterocycles. The van der Waals surface area contributed by atoms with E-state index in [1.165, 1.54) is 33.4 Å². The predicted octanol–water partition coefficient (Wildman–Crippen LogP) is 4.30. The Morgan fingerprint density at radius 3 is 2.94 bits per heavy atom. The first kappa shape index (κ1) is 12.6. The van der Waals surface area contributed by atoms with Crippen molar-refractivity contribution in [1.82, 2.24) is 0 Å². The Bertz CT molecular complexity index is 367. The summed E-state index contributed by atoms with van der Waals surface area (Å²) in [6.07, 6.45) is 2.65. The Labute approximate surface area is 116 Å². The molecule has 2 unspecified atom stereocenters. The maximum atomic E-state index is 3.70. The number of nitrogens with one attached hydrogen (secondary N) is 1. The van der Waals surface area contributed by atoms with Gasteiger partial charge in [0.25, 0.3) is 0 Å². The number of thioether (sulfide) groups is 1. The predicted molar refractivity (Wildman–Crippen MR) is 82.5 cm³/mol. The van der Waals surface area contributed by atoms with Gasteiger partial charge in [-0.1, -0.05) is 6.92 Å². The Morgan fingerprint density at radius 1 is 1.44 bits per heavy atom. The van der Waals surface area contributed by atoms with E-state index >= 15 is 0 Å². The van der Waals surface area contributed by atoms with Crippen molar-refractivity contribution < 1.29 is 0 Å². The standard InChI is InChI=1S/C13H18INS/c1-9-8-11(14)5-6-12(9)15-13-4-3-7-16-10(13)2/h5-6,8,10,13,15H,3-4,7H2,1-2H3. The average Bonchev–Trinajstić information content (AvgIpc) is 2.25. The molecular formula is C13H18INS. The van der Waals surface area contributed by atoms with Gasteiger partial charge in [0.2, 0.25) is 0 Å². The number of rotatable bonds is 2. The van der Waals surface area contributed by atoms with Crippen LogP contribution in [0.2, 0.25) is 0 Å². The SMILES string of the molecule is Cc1cc(I)ccc1NC1CCCSC1C. The molecule has 2 rings (SSSR count). The molecule has 88 valence electrons. The third kappa shape index (κ3) is 3.06. The molecule has 1 aliphatic rings. The second-order valence-electron chi connectivity index (χ2n) is 4.43. The number of hydrogen-bond acceptors (Lipinski definition) is 2. The lowest BCUT2D eigenvalue weighted by Crippen LogP contribution is -2.33. The van der Waals surface area contributed by atoms with Crippen LogP contribution >= 0.6 is 34.4 Å². The van der Waals surface area contributed by atoms with Crippen LogP contribution < -0.4 is 5.32 Å². The van der Waals surface area contributed by atoms with E-state index in [0.717, 1.165) is 5.25 Å². The van der Waals surface area contributed by atoms with E-state index in [1.807, 2.05) is 0 Å². The van der Waals surface area contributed by atoms with Crippen LogP contribution in [0.25, 0.3) is 0 Å². The van der Waals surface area contributed by atoms with Crippen molar-refractivity contribution in [3.05, 3.63) is 27.3 Å². The lowest BCUT2D eigenvalue weighted by molar-refractivity contribution is 0.617. The zero-order chi connectivity index (χ0) is 11.5. The number of anilines is 1. The van der Waals surface area contributed by atoms with Gasteiger partial charge < -0.3 is 5.32 Å². The lowest BCUT2D eigenvalue weighted by Gasteiger charge is -2.30. The molecule has 1 fully saturated rings. The molecule has 1 N–H and O–H groups in total. The first-order valence-electron chi connectivity index (χ1n) is 5.81. The minimum absolute atomic E-state index is 0.637. The van der Waals surface area contributed by atoms with Crippen LogP contribution in [-0.4, -0.2) is 17.0 Å². The zero-order valence-electron chi connectivity index (χ0n) is 9.79. The van der Waals surface area contributed by atoms with E-state index in [-0.39, 0.29) is 0 Å². The summed E-state index contributed by atoms with van der Waals surface area (Å²) in [6.45, 7) is 4.52. The van der Waals surface area contributed by atoms with Crippen LogP contribution in [-0.2, 0) is 0 Å². The third-order valence-electron chi connectivity index (χ3n) is 3.14. The highest BCUT2D eigenvalue weighted by Crippen LogP contribution is 2.29. The Kier molecular flexibility index (Phi) is 4.41. The normalized spacial score (nSPS) is 25.4. The monoisotopic (exact) mass is 347 g/mol. The molecule has 1 aliphatic heterocycles. The third-order valence-corrected chi connectivity index (χ3v) is 5.19. The lowest BCUT2D eigenvalue weighted by atomic mass is 10.1. The molecule has 0 aliphatic carbocycles. The van der Waals surface area contributed by atoms with E-state index in [2.05, 4.69) is 71.7 Å². The van der Waals surface area contributed by atoms with Crippen LogP contribution in [0.3, 0.4) is 0 Å². The van der Waals surface area contributed by atoms with Crippen molar-refractivity contribution in [3.63, 3.8) is 0 Å². The van der Waals surface area contributed by atoms with Crippen molar-refractivity contribution in [2.45, 2.75) is 38.0 Å². The van der Waals surface area contributed by atoms with Gasteiger partial charge in [0.1, 0.15) is 0 Å². The summed E-state index contributed by atoms with van der Waals surface area (Å²) in [5.41, 5.74) is 2.66. The molecule has 16 heavy (non-hydrogen) atoms. The van der Waals surface area contributed by atoms with Crippen LogP contribution in [0, 0.1) is 10.5 Å². The van der Waals surface area contributed by atoms with Crippen LogP contribution in [0.4, 0.5) is 5.69 Å². The van der Waals surface area contributed by atoms with Crippen molar-refractivity contribution in [1.29, 1.82) is 0 Å². The molecule has 1 aromatic rings. The molecule has 2 atom stereocenters. The van der Waals surface area contributed by atoms with Gasteiger partial charge >= 0.3 is 0 Å². The number of aryl methyl sites for hydroxylation is 1. The Balaban J connectivity index is 2.07. The number of halogens is 1. The van der Waals surface area contributed by atoms with Crippen molar-refractivity contribution in [3.8, 4) is 0 Å². The minimum atomic E-state index is 0.637. The summed E-state index contributed by atoms with van der Waals surface area (Å²) in [6, 6.07) is 7.26. The van der Waals surface area contributed by atoms with Gasteiger partial charge in [0, 0.05) is 20.5 Å². The van der Waals surface area contributed by atoms with E-state index in [0.29, 0.717) is 6.04 Å². The van der Waals surface area contributed by atoms with Crippen LogP contribution in [0.5, 0.6) is 0 Å². The van der Waals surface area contributed by atoms with Crippen molar-refractivity contribution >= 4 is 40.0 Å². The van der Waals surface area contributed by atoms with Crippen molar-refractivity contribution in [2.24, 2.45) is 0 Å². The molecule has 3 heteroatoms. The molecule has 0 bridgehead atoms. The minimum Gasteiger partial charge on any atom is -0.381 e.